The molecule has 1 aromatic carbocycles. The van der Waals surface area contributed by atoms with Crippen LogP contribution >= 0.6 is 11.3 Å². The van der Waals surface area contributed by atoms with Crippen LogP contribution in [-0.4, -0.2) is 48.3 Å². The van der Waals surface area contributed by atoms with Crippen molar-refractivity contribution in [3.8, 4) is 22.9 Å². The molecule has 0 aliphatic heterocycles. The number of thiophene rings is 1. The van der Waals surface area contributed by atoms with Crippen molar-refractivity contribution in [2.24, 2.45) is 0 Å². The van der Waals surface area contributed by atoms with Crippen LogP contribution < -0.4 is 9.47 Å². The van der Waals surface area contributed by atoms with Gasteiger partial charge in [0.05, 0.1) is 13.7 Å². The number of rotatable bonds is 9. The first-order chi connectivity index (χ1) is 13.2. The fourth-order valence-corrected chi connectivity index (χ4v) is 3.00. The van der Waals surface area contributed by atoms with Crippen LogP contribution in [0.4, 0.5) is 0 Å². The van der Waals surface area contributed by atoms with Gasteiger partial charge < -0.3 is 18.9 Å². The molecule has 0 N–H and O–H groups in total. The second kappa shape index (κ2) is 9.18. The number of hydrogen-bond donors (Lipinski definition) is 0. The Balaban J connectivity index is 1.39. The van der Waals surface area contributed by atoms with E-state index in [0.29, 0.717) is 37.7 Å². The average molecular weight is 387 g/mol. The van der Waals surface area contributed by atoms with E-state index in [0.717, 1.165) is 17.1 Å². The lowest BCUT2D eigenvalue weighted by Gasteiger charge is -2.17. The van der Waals surface area contributed by atoms with Gasteiger partial charge in [0.25, 0.3) is 0 Å². The molecule has 0 saturated heterocycles. The van der Waals surface area contributed by atoms with E-state index in [1.807, 2.05) is 41.1 Å². The number of amides is 1. The van der Waals surface area contributed by atoms with Crippen molar-refractivity contribution < 1.29 is 18.8 Å². The van der Waals surface area contributed by atoms with Gasteiger partial charge in [-0.25, -0.2) is 0 Å². The van der Waals surface area contributed by atoms with Crippen LogP contribution in [0.2, 0.25) is 0 Å². The largest absolute Gasteiger partial charge is 0.497 e. The van der Waals surface area contributed by atoms with Crippen LogP contribution in [-0.2, 0) is 11.2 Å². The quantitative estimate of drug-likeness (QED) is 0.561. The number of ether oxygens (including phenoxy) is 2. The maximum absolute atomic E-state index is 12.2. The van der Waals surface area contributed by atoms with Gasteiger partial charge in [-0.15, -0.1) is 0 Å². The molecule has 1 amide bonds. The molecule has 0 aliphatic carbocycles. The molecule has 8 heteroatoms. The Bertz CT molecular complexity index is 846. The Morgan fingerprint density at radius 1 is 1.22 bits per heavy atom. The van der Waals surface area contributed by atoms with Crippen LogP contribution in [0, 0.1) is 0 Å². The molecule has 3 rings (SSSR count). The molecule has 0 fully saturated rings. The first-order valence-electron chi connectivity index (χ1n) is 8.51. The molecule has 0 bridgehead atoms. The van der Waals surface area contributed by atoms with E-state index in [9.17, 15) is 4.79 Å². The molecule has 2 aromatic heterocycles. The maximum atomic E-state index is 12.2. The summed E-state index contributed by atoms with van der Waals surface area (Å²) in [6.07, 6.45) is 0.726. The third-order valence-corrected chi connectivity index (χ3v) is 4.66. The van der Waals surface area contributed by atoms with Gasteiger partial charge >= 0.3 is 0 Å². The van der Waals surface area contributed by atoms with Crippen molar-refractivity contribution in [3.63, 3.8) is 0 Å². The van der Waals surface area contributed by atoms with Gasteiger partial charge in [-0.2, -0.15) is 16.3 Å². The van der Waals surface area contributed by atoms with E-state index in [1.165, 1.54) is 0 Å². The molecule has 2 heterocycles. The number of aromatic nitrogens is 2. The summed E-state index contributed by atoms with van der Waals surface area (Å²) >= 11 is 1.57. The zero-order valence-corrected chi connectivity index (χ0v) is 16.1. The summed E-state index contributed by atoms with van der Waals surface area (Å²) in [6, 6.07) is 9.27. The first kappa shape index (κ1) is 18.9. The molecule has 7 nitrogen and oxygen atoms in total. The van der Waals surface area contributed by atoms with E-state index in [-0.39, 0.29) is 5.91 Å². The summed E-state index contributed by atoms with van der Waals surface area (Å²) in [5.41, 5.74) is 0.925. The number of benzene rings is 1. The van der Waals surface area contributed by atoms with Crippen LogP contribution in [0.15, 0.2) is 45.6 Å². The van der Waals surface area contributed by atoms with Gasteiger partial charge in [0, 0.05) is 30.8 Å². The number of methoxy groups -OCH3 is 1. The lowest BCUT2D eigenvalue weighted by molar-refractivity contribution is -0.130. The number of carbonyl (C=O) groups excluding carboxylic acids is 1. The van der Waals surface area contributed by atoms with Crippen molar-refractivity contribution in [1.29, 1.82) is 0 Å². The minimum atomic E-state index is 0.00335. The predicted molar refractivity (Wildman–Crippen MR) is 102 cm³/mol. The number of likely N-dealkylation sites (N-methyl/N-ethyl adjacent to an activating group) is 1. The number of carbonyl (C=O) groups is 1. The van der Waals surface area contributed by atoms with E-state index in [4.69, 9.17) is 14.0 Å². The average Bonchev–Trinajstić information content (AvgIpc) is 3.38. The summed E-state index contributed by atoms with van der Waals surface area (Å²) < 4.78 is 16.0. The summed E-state index contributed by atoms with van der Waals surface area (Å²) in [6.45, 7) is 0.909. The molecule has 0 unspecified atom stereocenters. The molecule has 0 spiro atoms. The molecule has 0 radical (unpaired) electrons. The molecule has 0 aliphatic rings. The zero-order chi connectivity index (χ0) is 19.1. The van der Waals surface area contributed by atoms with Gasteiger partial charge in [0.1, 0.15) is 18.1 Å². The van der Waals surface area contributed by atoms with E-state index >= 15 is 0 Å². The number of nitrogens with zero attached hydrogens (tertiary/aromatic N) is 3. The highest BCUT2D eigenvalue weighted by molar-refractivity contribution is 7.08. The van der Waals surface area contributed by atoms with E-state index < -0.39 is 0 Å². The normalized spacial score (nSPS) is 10.6. The fraction of sp³-hybridized carbons (Fsp3) is 0.316. The zero-order valence-electron chi connectivity index (χ0n) is 15.3. The third-order valence-electron chi connectivity index (χ3n) is 3.98. The smallest absolute Gasteiger partial charge is 0.227 e. The SMILES string of the molecule is COc1ccc(OCCN(C)C(=O)CCc2nc(-c3ccsc3)no2)cc1. The highest BCUT2D eigenvalue weighted by Crippen LogP contribution is 2.19. The van der Waals surface area contributed by atoms with Gasteiger partial charge in [-0.3, -0.25) is 4.79 Å². The highest BCUT2D eigenvalue weighted by Gasteiger charge is 2.13. The van der Waals surface area contributed by atoms with Crippen molar-refractivity contribution >= 4 is 17.2 Å². The topological polar surface area (TPSA) is 77.7 Å². The summed E-state index contributed by atoms with van der Waals surface area (Å²) in [5.74, 6) is 2.54. The summed E-state index contributed by atoms with van der Waals surface area (Å²) in [4.78, 5) is 18.2. The minimum Gasteiger partial charge on any atom is -0.497 e. The van der Waals surface area contributed by atoms with Crippen LogP contribution in [0.3, 0.4) is 0 Å². The van der Waals surface area contributed by atoms with E-state index in [1.54, 1.807) is 30.4 Å². The molecule has 3 aromatic rings. The highest BCUT2D eigenvalue weighted by atomic mass is 32.1. The molecule has 0 saturated carbocycles. The third kappa shape index (κ3) is 5.30. The molecule has 142 valence electrons. The second-order valence-electron chi connectivity index (χ2n) is 5.86. The number of aryl methyl sites for hydroxylation is 1. The van der Waals surface area contributed by atoms with Gasteiger partial charge in [0.15, 0.2) is 0 Å². The molecule has 27 heavy (non-hydrogen) atoms. The standard InChI is InChI=1S/C19H21N3O4S/c1-22(10-11-25-16-5-3-15(24-2)4-6-16)18(23)8-7-17-20-19(21-26-17)14-9-12-27-13-14/h3-6,9,12-13H,7-8,10-11H2,1-2H3. The molecular formula is C19H21N3O4S. The Kier molecular flexibility index (Phi) is 6.43. The Morgan fingerprint density at radius 2 is 2.00 bits per heavy atom. The van der Waals surface area contributed by atoms with Crippen LogP contribution in [0.25, 0.3) is 11.4 Å². The van der Waals surface area contributed by atoms with Crippen molar-refractivity contribution in [3.05, 3.63) is 47.0 Å². The lowest BCUT2D eigenvalue weighted by Crippen LogP contribution is -2.31. The predicted octanol–water partition coefficient (Wildman–Crippen LogP) is 3.28. The fourth-order valence-electron chi connectivity index (χ4n) is 2.37. The van der Waals surface area contributed by atoms with Crippen molar-refractivity contribution in [2.75, 3.05) is 27.3 Å². The van der Waals surface area contributed by atoms with Crippen LogP contribution in [0.1, 0.15) is 12.3 Å². The van der Waals surface area contributed by atoms with Gasteiger partial charge in [0.2, 0.25) is 17.6 Å². The maximum Gasteiger partial charge on any atom is 0.227 e. The van der Waals surface area contributed by atoms with Gasteiger partial charge in [-0.1, -0.05) is 5.16 Å². The molecular weight excluding hydrogens is 366 g/mol. The first-order valence-corrected chi connectivity index (χ1v) is 9.46. The minimum absolute atomic E-state index is 0.00335. The lowest BCUT2D eigenvalue weighted by atomic mass is 10.2. The number of hydrogen-bond acceptors (Lipinski definition) is 7. The van der Waals surface area contributed by atoms with Crippen molar-refractivity contribution in [1.82, 2.24) is 15.0 Å². The summed E-state index contributed by atoms with van der Waals surface area (Å²) in [5, 5.41) is 7.85. The Labute approximate surface area is 161 Å². The summed E-state index contributed by atoms with van der Waals surface area (Å²) in [7, 11) is 3.37. The second-order valence-corrected chi connectivity index (χ2v) is 6.64. The van der Waals surface area contributed by atoms with Crippen molar-refractivity contribution in [2.45, 2.75) is 12.8 Å². The monoisotopic (exact) mass is 387 g/mol. The van der Waals surface area contributed by atoms with Crippen LogP contribution in [0.5, 0.6) is 11.5 Å². The Morgan fingerprint density at radius 3 is 2.70 bits per heavy atom. The molecule has 0 atom stereocenters. The van der Waals surface area contributed by atoms with E-state index in [2.05, 4.69) is 10.1 Å². The Hall–Kier alpha value is -2.87. The van der Waals surface area contributed by atoms with Gasteiger partial charge in [-0.05, 0) is 35.7 Å².